The highest BCUT2D eigenvalue weighted by Crippen LogP contribution is 2.24. The SMILES string of the molecule is C#CCC(NC(=O)Nc1ccccc1SC)C(=O)O. The summed E-state index contributed by atoms with van der Waals surface area (Å²) >= 11 is 1.48. The number of benzene rings is 1. The quantitative estimate of drug-likeness (QED) is 0.568. The number of anilines is 1. The molecule has 19 heavy (non-hydrogen) atoms. The summed E-state index contributed by atoms with van der Waals surface area (Å²) in [6, 6.07) is 5.55. The molecule has 5 nitrogen and oxygen atoms in total. The monoisotopic (exact) mass is 278 g/mol. The third kappa shape index (κ3) is 4.56. The molecule has 100 valence electrons. The van der Waals surface area contributed by atoms with Gasteiger partial charge < -0.3 is 15.7 Å². The van der Waals surface area contributed by atoms with Gasteiger partial charge in [0, 0.05) is 11.3 Å². The Morgan fingerprint density at radius 2 is 2.16 bits per heavy atom. The van der Waals surface area contributed by atoms with Crippen molar-refractivity contribution in [3.05, 3.63) is 24.3 Å². The molecule has 0 aliphatic heterocycles. The van der Waals surface area contributed by atoms with Crippen LogP contribution in [0.25, 0.3) is 0 Å². The Balaban J connectivity index is 2.69. The van der Waals surface area contributed by atoms with Crippen molar-refractivity contribution in [3.63, 3.8) is 0 Å². The molecule has 0 saturated carbocycles. The number of amides is 2. The van der Waals surface area contributed by atoms with E-state index in [2.05, 4.69) is 16.6 Å². The molecule has 2 amide bonds. The third-order valence-corrected chi connectivity index (χ3v) is 3.08. The van der Waals surface area contributed by atoms with E-state index in [0.29, 0.717) is 5.69 Å². The van der Waals surface area contributed by atoms with Gasteiger partial charge in [0.15, 0.2) is 0 Å². The number of nitrogens with one attached hydrogen (secondary N) is 2. The van der Waals surface area contributed by atoms with Crippen LogP contribution in [0, 0.1) is 12.3 Å². The molecule has 0 aromatic heterocycles. The first-order valence-electron chi connectivity index (χ1n) is 5.45. The lowest BCUT2D eigenvalue weighted by Crippen LogP contribution is -2.42. The van der Waals surface area contributed by atoms with E-state index < -0.39 is 18.0 Å². The standard InChI is InChI=1S/C13H14N2O3S/c1-3-6-10(12(16)17)15-13(18)14-9-7-4-5-8-11(9)19-2/h1,4-5,7-8,10H,6H2,2H3,(H,16,17)(H2,14,15,18). The molecule has 1 rings (SSSR count). The summed E-state index contributed by atoms with van der Waals surface area (Å²) in [6.45, 7) is 0. The van der Waals surface area contributed by atoms with E-state index in [1.807, 2.05) is 18.4 Å². The largest absolute Gasteiger partial charge is 0.480 e. The zero-order valence-electron chi connectivity index (χ0n) is 10.3. The molecule has 3 N–H and O–H groups in total. The van der Waals surface area contributed by atoms with Gasteiger partial charge in [-0.05, 0) is 18.4 Å². The lowest BCUT2D eigenvalue weighted by molar-refractivity contribution is -0.139. The van der Waals surface area contributed by atoms with Crippen LogP contribution in [0.15, 0.2) is 29.2 Å². The van der Waals surface area contributed by atoms with Crippen molar-refractivity contribution >= 4 is 29.4 Å². The van der Waals surface area contributed by atoms with Crippen molar-refractivity contribution in [1.82, 2.24) is 5.32 Å². The van der Waals surface area contributed by atoms with Gasteiger partial charge in [-0.15, -0.1) is 24.1 Å². The molecule has 0 bridgehead atoms. The molecule has 0 saturated heterocycles. The Morgan fingerprint density at radius 3 is 2.74 bits per heavy atom. The van der Waals surface area contributed by atoms with E-state index in [9.17, 15) is 9.59 Å². The van der Waals surface area contributed by atoms with E-state index in [0.717, 1.165) is 4.90 Å². The number of urea groups is 1. The summed E-state index contributed by atoms with van der Waals surface area (Å²) in [4.78, 5) is 23.5. The third-order valence-electron chi connectivity index (χ3n) is 2.28. The normalized spacial score (nSPS) is 11.2. The molecule has 1 atom stereocenters. The first-order chi connectivity index (χ1) is 9.08. The van der Waals surface area contributed by atoms with Crippen LogP contribution in [0.3, 0.4) is 0 Å². The Morgan fingerprint density at radius 1 is 1.47 bits per heavy atom. The Hall–Kier alpha value is -2.13. The minimum absolute atomic E-state index is 0.0626. The predicted molar refractivity (Wildman–Crippen MR) is 75.3 cm³/mol. The van der Waals surface area contributed by atoms with Crippen molar-refractivity contribution < 1.29 is 14.7 Å². The summed E-state index contributed by atoms with van der Waals surface area (Å²) in [6.07, 6.45) is 6.88. The number of thioether (sulfide) groups is 1. The van der Waals surface area contributed by atoms with E-state index in [-0.39, 0.29) is 6.42 Å². The smallest absolute Gasteiger partial charge is 0.327 e. The number of hydrogen-bond donors (Lipinski definition) is 3. The summed E-state index contributed by atoms with van der Waals surface area (Å²) in [5, 5.41) is 13.8. The molecule has 1 aromatic carbocycles. The van der Waals surface area contributed by atoms with Crippen LogP contribution < -0.4 is 10.6 Å². The molecule has 0 spiro atoms. The second-order valence-electron chi connectivity index (χ2n) is 3.60. The van der Waals surface area contributed by atoms with Crippen molar-refractivity contribution in [2.45, 2.75) is 17.4 Å². The second-order valence-corrected chi connectivity index (χ2v) is 4.45. The van der Waals surface area contributed by atoms with Gasteiger partial charge in [-0.2, -0.15) is 0 Å². The number of para-hydroxylation sites is 1. The van der Waals surface area contributed by atoms with Crippen LogP contribution in [0.2, 0.25) is 0 Å². The van der Waals surface area contributed by atoms with Gasteiger partial charge in [0.2, 0.25) is 0 Å². The van der Waals surface area contributed by atoms with Crippen molar-refractivity contribution in [3.8, 4) is 12.3 Å². The highest BCUT2D eigenvalue weighted by molar-refractivity contribution is 7.98. The number of carbonyl (C=O) groups is 2. The number of rotatable bonds is 5. The van der Waals surface area contributed by atoms with Crippen LogP contribution in [0.4, 0.5) is 10.5 Å². The van der Waals surface area contributed by atoms with E-state index in [1.54, 1.807) is 12.1 Å². The Kier molecular flexibility index (Phi) is 5.76. The van der Waals surface area contributed by atoms with Gasteiger partial charge >= 0.3 is 12.0 Å². The molecular formula is C13H14N2O3S. The van der Waals surface area contributed by atoms with Crippen LogP contribution in [-0.4, -0.2) is 29.4 Å². The van der Waals surface area contributed by atoms with E-state index >= 15 is 0 Å². The predicted octanol–water partition coefficient (Wildman–Crippen LogP) is 2.01. The van der Waals surface area contributed by atoms with Crippen LogP contribution in [-0.2, 0) is 4.79 Å². The fourth-order valence-corrected chi connectivity index (χ4v) is 1.94. The van der Waals surface area contributed by atoms with Gasteiger partial charge in [-0.1, -0.05) is 12.1 Å². The van der Waals surface area contributed by atoms with Gasteiger partial charge in [-0.3, -0.25) is 0 Å². The molecule has 0 radical (unpaired) electrons. The maximum Gasteiger partial charge on any atom is 0.327 e. The molecule has 0 fully saturated rings. The zero-order chi connectivity index (χ0) is 14.3. The molecule has 0 aliphatic carbocycles. The minimum Gasteiger partial charge on any atom is -0.480 e. The van der Waals surface area contributed by atoms with E-state index in [1.165, 1.54) is 11.8 Å². The minimum atomic E-state index is -1.16. The summed E-state index contributed by atoms with van der Waals surface area (Å²) in [5.41, 5.74) is 0.623. The lowest BCUT2D eigenvalue weighted by Gasteiger charge is -2.14. The molecule has 1 aromatic rings. The molecule has 0 heterocycles. The lowest BCUT2D eigenvalue weighted by atomic mass is 10.2. The number of aliphatic carboxylic acids is 1. The first-order valence-corrected chi connectivity index (χ1v) is 6.67. The van der Waals surface area contributed by atoms with E-state index in [4.69, 9.17) is 11.5 Å². The Labute approximate surface area is 115 Å². The summed E-state index contributed by atoms with van der Waals surface area (Å²) in [5.74, 6) is 1.05. The molecule has 0 aliphatic rings. The molecule has 1 unspecified atom stereocenters. The fraction of sp³-hybridized carbons (Fsp3) is 0.231. The number of hydrogen-bond acceptors (Lipinski definition) is 3. The highest BCUT2D eigenvalue weighted by Gasteiger charge is 2.18. The van der Waals surface area contributed by atoms with Crippen molar-refractivity contribution in [1.29, 1.82) is 0 Å². The maximum absolute atomic E-state index is 11.7. The summed E-state index contributed by atoms with van der Waals surface area (Å²) in [7, 11) is 0. The van der Waals surface area contributed by atoms with Gasteiger partial charge in [0.1, 0.15) is 6.04 Å². The average Bonchev–Trinajstić information content (AvgIpc) is 2.38. The van der Waals surface area contributed by atoms with Crippen molar-refractivity contribution in [2.75, 3.05) is 11.6 Å². The zero-order valence-corrected chi connectivity index (χ0v) is 11.2. The van der Waals surface area contributed by atoms with Crippen LogP contribution in [0.5, 0.6) is 0 Å². The number of carbonyl (C=O) groups excluding carboxylic acids is 1. The second kappa shape index (κ2) is 7.34. The van der Waals surface area contributed by atoms with Gasteiger partial charge in [0.25, 0.3) is 0 Å². The Bertz CT molecular complexity index is 511. The average molecular weight is 278 g/mol. The first kappa shape index (κ1) is 14.9. The fourth-order valence-electron chi connectivity index (χ4n) is 1.38. The van der Waals surface area contributed by atoms with Gasteiger partial charge in [0.05, 0.1) is 5.69 Å². The van der Waals surface area contributed by atoms with Crippen molar-refractivity contribution in [2.24, 2.45) is 0 Å². The van der Waals surface area contributed by atoms with Crippen LogP contribution in [0.1, 0.15) is 6.42 Å². The van der Waals surface area contributed by atoms with Crippen LogP contribution >= 0.6 is 11.8 Å². The summed E-state index contributed by atoms with van der Waals surface area (Å²) < 4.78 is 0. The number of carboxylic acid groups (broad SMARTS) is 1. The molecule has 6 heteroatoms. The number of carboxylic acids is 1. The molecular weight excluding hydrogens is 264 g/mol. The topological polar surface area (TPSA) is 78.4 Å². The maximum atomic E-state index is 11.7. The highest BCUT2D eigenvalue weighted by atomic mass is 32.2. The number of terminal acetylenes is 1. The van der Waals surface area contributed by atoms with Gasteiger partial charge in [-0.25, -0.2) is 9.59 Å².